The summed E-state index contributed by atoms with van der Waals surface area (Å²) in [6, 6.07) is 4.70. The highest BCUT2D eigenvalue weighted by Gasteiger charge is 2.32. The number of hydrogen-bond donors (Lipinski definition) is 0. The summed E-state index contributed by atoms with van der Waals surface area (Å²) in [6.45, 7) is 5.26. The summed E-state index contributed by atoms with van der Waals surface area (Å²) in [4.78, 5) is 34.1. The number of amides is 1. The number of thiazole rings is 1. The summed E-state index contributed by atoms with van der Waals surface area (Å²) in [6.07, 6.45) is -2.08. The SMILES string of the molecule is Cc1nn(-c2cccc(C(F)(F)F)c2)c(C)c1C(=O)C(=O)N1CCCN(c2nccs2)CC1. The fraction of sp³-hybridized carbons (Fsp3) is 0.364. The Labute approximate surface area is 192 Å². The standard InChI is InChI=1S/C22H22F3N5O2S/c1-14-18(15(2)30(27-14)17-6-3-5-16(13-17)22(23,24)25)19(31)20(32)28-8-4-9-29(11-10-28)21-26-7-12-33-21/h3,5-7,12-13H,4,8-11H2,1-2H3. The first-order valence-corrected chi connectivity index (χ1v) is 11.3. The van der Waals surface area contributed by atoms with E-state index in [1.807, 2.05) is 5.38 Å². The van der Waals surface area contributed by atoms with Gasteiger partial charge in [0.2, 0.25) is 0 Å². The number of rotatable bonds is 4. The number of nitrogens with zero attached hydrogens (tertiary/aromatic N) is 5. The second kappa shape index (κ2) is 8.97. The lowest BCUT2D eigenvalue weighted by Gasteiger charge is -2.21. The third-order valence-electron chi connectivity index (χ3n) is 5.60. The minimum Gasteiger partial charge on any atom is -0.346 e. The summed E-state index contributed by atoms with van der Waals surface area (Å²) in [5.41, 5.74) is 0.0991. The van der Waals surface area contributed by atoms with Crippen molar-refractivity contribution >= 4 is 28.2 Å². The largest absolute Gasteiger partial charge is 0.416 e. The van der Waals surface area contributed by atoms with Crippen molar-refractivity contribution in [1.82, 2.24) is 19.7 Å². The van der Waals surface area contributed by atoms with Gasteiger partial charge in [0.1, 0.15) is 0 Å². The second-order valence-electron chi connectivity index (χ2n) is 7.78. The number of aromatic nitrogens is 3. The lowest BCUT2D eigenvalue weighted by molar-refractivity contribution is -0.137. The van der Waals surface area contributed by atoms with Crippen LogP contribution in [0.3, 0.4) is 0 Å². The van der Waals surface area contributed by atoms with Crippen LogP contribution in [0.4, 0.5) is 18.3 Å². The molecule has 0 spiro atoms. The number of ketones is 1. The van der Waals surface area contributed by atoms with Crippen molar-refractivity contribution in [1.29, 1.82) is 0 Å². The van der Waals surface area contributed by atoms with E-state index in [4.69, 9.17) is 0 Å². The highest BCUT2D eigenvalue weighted by Crippen LogP contribution is 2.31. The summed E-state index contributed by atoms with van der Waals surface area (Å²) >= 11 is 1.52. The highest BCUT2D eigenvalue weighted by atomic mass is 32.1. The Hall–Kier alpha value is -3.21. The van der Waals surface area contributed by atoms with E-state index in [2.05, 4.69) is 15.0 Å². The third-order valence-corrected chi connectivity index (χ3v) is 6.44. The maximum Gasteiger partial charge on any atom is 0.416 e. The Morgan fingerprint density at radius 3 is 2.58 bits per heavy atom. The number of alkyl halides is 3. The predicted octanol–water partition coefficient (Wildman–Crippen LogP) is 3.89. The van der Waals surface area contributed by atoms with Crippen LogP contribution in [0, 0.1) is 13.8 Å². The zero-order valence-electron chi connectivity index (χ0n) is 18.1. The highest BCUT2D eigenvalue weighted by molar-refractivity contribution is 7.13. The molecule has 3 aromatic rings. The van der Waals surface area contributed by atoms with E-state index in [0.29, 0.717) is 37.4 Å². The van der Waals surface area contributed by atoms with Gasteiger partial charge in [-0.25, -0.2) is 9.67 Å². The van der Waals surface area contributed by atoms with Crippen molar-refractivity contribution in [3.63, 3.8) is 0 Å². The maximum atomic E-state index is 13.1. The van der Waals surface area contributed by atoms with Gasteiger partial charge >= 0.3 is 6.18 Å². The van der Waals surface area contributed by atoms with Gasteiger partial charge < -0.3 is 9.80 Å². The van der Waals surface area contributed by atoms with E-state index in [9.17, 15) is 22.8 Å². The van der Waals surface area contributed by atoms with Crippen LogP contribution in [0.2, 0.25) is 0 Å². The zero-order chi connectivity index (χ0) is 23.8. The first kappa shape index (κ1) is 23.0. The van der Waals surface area contributed by atoms with Crippen molar-refractivity contribution in [3.8, 4) is 5.69 Å². The van der Waals surface area contributed by atoms with Crippen molar-refractivity contribution < 1.29 is 22.8 Å². The number of benzene rings is 1. The molecule has 0 atom stereocenters. The molecule has 4 rings (SSSR count). The molecule has 1 saturated heterocycles. The van der Waals surface area contributed by atoms with Gasteiger partial charge in [0.25, 0.3) is 11.7 Å². The fourth-order valence-corrected chi connectivity index (χ4v) is 4.67. The molecule has 0 unspecified atom stereocenters. The van der Waals surface area contributed by atoms with Gasteiger partial charge in [0.05, 0.1) is 28.2 Å². The van der Waals surface area contributed by atoms with Crippen LogP contribution in [0.1, 0.15) is 33.7 Å². The smallest absolute Gasteiger partial charge is 0.346 e. The van der Waals surface area contributed by atoms with Crippen molar-refractivity contribution in [2.75, 3.05) is 31.1 Å². The molecule has 1 aromatic carbocycles. The Morgan fingerprint density at radius 1 is 1.09 bits per heavy atom. The van der Waals surface area contributed by atoms with E-state index in [-0.39, 0.29) is 11.3 Å². The van der Waals surface area contributed by atoms with Crippen molar-refractivity contribution in [2.24, 2.45) is 0 Å². The van der Waals surface area contributed by atoms with Crippen LogP contribution >= 0.6 is 11.3 Å². The van der Waals surface area contributed by atoms with E-state index in [1.54, 1.807) is 20.0 Å². The molecule has 0 bridgehead atoms. The van der Waals surface area contributed by atoms with E-state index in [1.165, 1.54) is 33.1 Å². The average molecular weight is 478 g/mol. The molecule has 0 saturated carbocycles. The lowest BCUT2D eigenvalue weighted by Crippen LogP contribution is -2.39. The fourth-order valence-electron chi connectivity index (χ4n) is 3.97. The molecule has 1 aliphatic rings. The number of hydrogen-bond acceptors (Lipinski definition) is 6. The third kappa shape index (κ3) is 4.63. The van der Waals surface area contributed by atoms with Crippen LogP contribution < -0.4 is 4.90 Å². The van der Waals surface area contributed by atoms with Gasteiger partial charge in [0, 0.05) is 37.8 Å². The summed E-state index contributed by atoms with van der Waals surface area (Å²) in [7, 11) is 0. The van der Waals surface area contributed by atoms with Crippen LogP contribution in [-0.2, 0) is 11.0 Å². The molecule has 11 heteroatoms. The first-order chi connectivity index (χ1) is 15.7. The molecule has 1 aliphatic heterocycles. The summed E-state index contributed by atoms with van der Waals surface area (Å²) < 4.78 is 40.6. The van der Waals surface area contributed by atoms with Gasteiger partial charge in [-0.3, -0.25) is 9.59 Å². The summed E-state index contributed by atoms with van der Waals surface area (Å²) in [5, 5.41) is 7.03. The van der Waals surface area contributed by atoms with Crippen LogP contribution in [0.5, 0.6) is 0 Å². The number of carbonyl (C=O) groups is 2. The Bertz CT molecular complexity index is 1170. The molecule has 1 amide bonds. The van der Waals surface area contributed by atoms with E-state index in [0.717, 1.165) is 23.8 Å². The van der Waals surface area contributed by atoms with Crippen LogP contribution in [0.25, 0.3) is 5.69 Å². The molecule has 1 fully saturated rings. The minimum atomic E-state index is -4.50. The van der Waals surface area contributed by atoms with Gasteiger partial charge in [0.15, 0.2) is 5.13 Å². The van der Waals surface area contributed by atoms with Gasteiger partial charge in [-0.2, -0.15) is 18.3 Å². The van der Waals surface area contributed by atoms with Gasteiger partial charge in [-0.05, 0) is 38.5 Å². The molecular formula is C22H22F3N5O2S. The van der Waals surface area contributed by atoms with Gasteiger partial charge in [-0.15, -0.1) is 11.3 Å². The number of aryl methyl sites for hydroxylation is 1. The summed E-state index contributed by atoms with van der Waals surface area (Å²) in [5.74, 6) is -1.34. The number of Topliss-reactive ketones (excluding diaryl/α,β-unsaturated/α-hetero) is 1. The molecule has 0 N–H and O–H groups in total. The van der Waals surface area contributed by atoms with E-state index < -0.39 is 23.4 Å². The Balaban J connectivity index is 1.55. The Kier molecular flexibility index (Phi) is 6.24. The normalized spacial score (nSPS) is 14.9. The number of halogens is 3. The molecule has 0 aliphatic carbocycles. The topological polar surface area (TPSA) is 71.3 Å². The van der Waals surface area contributed by atoms with Crippen molar-refractivity contribution in [2.45, 2.75) is 26.4 Å². The molecule has 174 valence electrons. The molecular weight excluding hydrogens is 455 g/mol. The molecule has 7 nitrogen and oxygen atoms in total. The van der Waals surface area contributed by atoms with Crippen LogP contribution in [-0.4, -0.2) is 57.5 Å². The predicted molar refractivity (Wildman–Crippen MR) is 118 cm³/mol. The van der Waals surface area contributed by atoms with E-state index >= 15 is 0 Å². The zero-order valence-corrected chi connectivity index (χ0v) is 18.9. The van der Waals surface area contributed by atoms with Gasteiger partial charge in [-0.1, -0.05) is 6.07 Å². The average Bonchev–Trinajstić information content (AvgIpc) is 3.33. The molecule has 0 radical (unpaired) electrons. The number of anilines is 1. The van der Waals surface area contributed by atoms with Crippen molar-refractivity contribution in [3.05, 3.63) is 58.4 Å². The minimum absolute atomic E-state index is 0.124. The second-order valence-corrected chi connectivity index (χ2v) is 8.66. The molecule has 33 heavy (non-hydrogen) atoms. The maximum absolute atomic E-state index is 13.1. The van der Waals surface area contributed by atoms with Crippen LogP contribution in [0.15, 0.2) is 35.8 Å². The molecule has 2 aromatic heterocycles. The quantitative estimate of drug-likeness (QED) is 0.421. The Morgan fingerprint density at radius 2 is 1.88 bits per heavy atom. The monoisotopic (exact) mass is 477 g/mol. The molecule has 3 heterocycles. The first-order valence-electron chi connectivity index (χ1n) is 10.4. The number of carbonyl (C=O) groups excluding carboxylic acids is 2. The lowest BCUT2D eigenvalue weighted by atomic mass is 10.1.